The minimum atomic E-state index is -0.612. The summed E-state index contributed by atoms with van der Waals surface area (Å²) in [6.45, 7) is 1.89. The Labute approximate surface area is 113 Å². The summed E-state index contributed by atoms with van der Waals surface area (Å²) in [5, 5.41) is 12.1. The molecule has 0 radical (unpaired) electrons. The highest BCUT2D eigenvalue weighted by Crippen LogP contribution is 2.18. The van der Waals surface area contributed by atoms with Crippen molar-refractivity contribution in [1.82, 2.24) is 5.32 Å². The van der Waals surface area contributed by atoms with E-state index < -0.39 is 16.7 Å². The van der Waals surface area contributed by atoms with E-state index in [-0.39, 0.29) is 17.9 Å². The Morgan fingerprint density at radius 1 is 1.50 bits per heavy atom. The van der Waals surface area contributed by atoms with Crippen molar-refractivity contribution in [1.29, 1.82) is 0 Å². The number of phenols is 1. The number of benzene rings is 1. The lowest BCUT2D eigenvalue weighted by Crippen LogP contribution is -2.33. The predicted molar refractivity (Wildman–Crippen MR) is 69.9 cm³/mol. The number of carbonyl (C=O) groups is 2. The van der Waals surface area contributed by atoms with E-state index in [1.54, 1.807) is 6.07 Å². The Hall–Kier alpha value is -1.56. The zero-order valence-electron chi connectivity index (χ0n) is 10.1. The highest BCUT2D eigenvalue weighted by atomic mass is 79.9. The Morgan fingerprint density at radius 2 is 2.17 bits per heavy atom. The molecule has 1 atom stereocenters. The molecule has 1 rings (SSSR count). The van der Waals surface area contributed by atoms with Gasteiger partial charge >= 0.3 is 5.97 Å². The van der Waals surface area contributed by atoms with E-state index >= 15 is 0 Å². The van der Waals surface area contributed by atoms with Gasteiger partial charge in [-0.1, -0.05) is 22.0 Å². The third kappa shape index (κ3) is 3.73. The Balaban J connectivity index is 2.63. The van der Waals surface area contributed by atoms with Gasteiger partial charge in [0.25, 0.3) is 5.91 Å². The molecular formula is C12H14BrNO4. The Kier molecular flexibility index (Phi) is 5.15. The number of nitrogens with one attached hydrogen (secondary N) is 1. The lowest BCUT2D eigenvalue weighted by Gasteiger charge is -2.10. The maximum Gasteiger partial charge on any atom is 0.321 e. The van der Waals surface area contributed by atoms with Crippen LogP contribution in [0.2, 0.25) is 0 Å². The van der Waals surface area contributed by atoms with E-state index in [4.69, 9.17) is 0 Å². The molecule has 0 fully saturated rings. The van der Waals surface area contributed by atoms with Gasteiger partial charge in [0.2, 0.25) is 0 Å². The molecule has 0 aromatic heterocycles. The molecule has 98 valence electrons. The largest absolute Gasteiger partial charge is 0.507 e. The summed E-state index contributed by atoms with van der Waals surface area (Å²) in [5.74, 6) is -0.999. The van der Waals surface area contributed by atoms with Gasteiger partial charge in [-0.05, 0) is 24.6 Å². The summed E-state index contributed by atoms with van der Waals surface area (Å²) in [4.78, 5) is 22.2. The van der Waals surface area contributed by atoms with Gasteiger partial charge in [0.1, 0.15) is 10.6 Å². The van der Waals surface area contributed by atoms with E-state index in [0.29, 0.717) is 0 Å². The molecule has 2 N–H and O–H groups in total. The van der Waals surface area contributed by atoms with E-state index in [2.05, 4.69) is 26.0 Å². The Bertz CT molecular complexity index is 461. The number of amides is 1. The first-order chi connectivity index (χ1) is 8.45. The molecule has 6 heteroatoms. The number of halogens is 1. The van der Waals surface area contributed by atoms with Gasteiger partial charge in [0.05, 0.1) is 12.7 Å². The predicted octanol–water partition coefficient (Wildman–Crippen LogP) is 1.37. The minimum Gasteiger partial charge on any atom is -0.507 e. The number of hydrogen-bond acceptors (Lipinski definition) is 4. The van der Waals surface area contributed by atoms with Gasteiger partial charge in [0.15, 0.2) is 0 Å². The average Bonchev–Trinajstić information content (AvgIpc) is 2.34. The fourth-order valence-electron chi connectivity index (χ4n) is 1.32. The van der Waals surface area contributed by atoms with Crippen LogP contribution >= 0.6 is 15.9 Å². The molecule has 5 nitrogen and oxygen atoms in total. The molecule has 18 heavy (non-hydrogen) atoms. The van der Waals surface area contributed by atoms with Gasteiger partial charge in [0, 0.05) is 6.54 Å². The number of rotatable bonds is 4. The molecule has 0 saturated carbocycles. The van der Waals surface area contributed by atoms with Crippen molar-refractivity contribution < 1.29 is 19.4 Å². The zero-order chi connectivity index (χ0) is 13.7. The third-order valence-electron chi connectivity index (χ3n) is 2.30. The minimum absolute atomic E-state index is 0.0822. The molecule has 0 spiro atoms. The summed E-state index contributed by atoms with van der Waals surface area (Å²) >= 11 is 3.08. The SMILES string of the molecule is COC(=O)C(Br)CNC(=O)c1ccc(C)cc1O. The van der Waals surface area contributed by atoms with Crippen molar-refractivity contribution >= 4 is 27.8 Å². The van der Waals surface area contributed by atoms with Crippen molar-refractivity contribution in [3.63, 3.8) is 0 Å². The normalized spacial score (nSPS) is 11.7. The molecule has 0 bridgehead atoms. The van der Waals surface area contributed by atoms with E-state index in [1.807, 2.05) is 6.92 Å². The van der Waals surface area contributed by atoms with Crippen LogP contribution < -0.4 is 5.32 Å². The van der Waals surface area contributed by atoms with Crippen LogP contribution in [0.4, 0.5) is 0 Å². The van der Waals surface area contributed by atoms with Gasteiger partial charge in [-0.3, -0.25) is 9.59 Å². The first kappa shape index (κ1) is 14.5. The number of alkyl halides is 1. The highest BCUT2D eigenvalue weighted by molar-refractivity contribution is 9.10. The number of carbonyl (C=O) groups excluding carboxylic acids is 2. The topological polar surface area (TPSA) is 75.6 Å². The number of esters is 1. The summed E-state index contributed by atoms with van der Waals surface area (Å²) in [6.07, 6.45) is 0. The van der Waals surface area contributed by atoms with Crippen LogP contribution in [0.5, 0.6) is 5.75 Å². The fourth-order valence-corrected chi connectivity index (χ4v) is 1.67. The monoisotopic (exact) mass is 315 g/mol. The number of aromatic hydroxyl groups is 1. The van der Waals surface area contributed by atoms with Crippen LogP contribution in [0.3, 0.4) is 0 Å². The quantitative estimate of drug-likeness (QED) is 0.650. The first-order valence-corrected chi connectivity index (χ1v) is 6.17. The second kappa shape index (κ2) is 6.39. The van der Waals surface area contributed by atoms with E-state index in [1.165, 1.54) is 19.2 Å². The first-order valence-electron chi connectivity index (χ1n) is 5.25. The number of phenolic OH excluding ortho intramolecular Hbond substituents is 1. The Morgan fingerprint density at radius 3 is 2.72 bits per heavy atom. The molecule has 1 unspecified atom stereocenters. The molecule has 0 saturated heterocycles. The maximum absolute atomic E-state index is 11.7. The molecule has 1 amide bonds. The average molecular weight is 316 g/mol. The molecule has 1 aromatic carbocycles. The number of ether oxygens (including phenoxy) is 1. The summed E-state index contributed by atoms with van der Waals surface area (Å²) in [7, 11) is 1.27. The van der Waals surface area contributed by atoms with Gasteiger partial charge in [-0.2, -0.15) is 0 Å². The van der Waals surface area contributed by atoms with Crippen LogP contribution in [0, 0.1) is 6.92 Å². The van der Waals surface area contributed by atoms with Crippen molar-refractivity contribution in [2.24, 2.45) is 0 Å². The number of hydrogen-bond donors (Lipinski definition) is 2. The molecular weight excluding hydrogens is 302 g/mol. The van der Waals surface area contributed by atoms with Crippen molar-refractivity contribution in [3.05, 3.63) is 29.3 Å². The number of methoxy groups -OCH3 is 1. The second-order valence-electron chi connectivity index (χ2n) is 3.72. The molecule has 0 aliphatic carbocycles. The molecule has 0 heterocycles. The zero-order valence-corrected chi connectivity index (χ0v) is 11.7. The van der Waals surface area contributed by atoms with Gasteiger partial charge in [-0.15, -0.1) is 0 Å². The van der Waals surface area contributed by atoms with Gasteiger partial charge < -0.3 is 15.2 Å². The fraction of sp³-hybridized carbons (Fsp3) is 0.333. The summed E-state index contributed by atoms with van der Waals surface area (Å²) in [5.41, 5.74) is 1.03. The second-order valence-corrected chi connectivity index (χ2v) is 4.83. The van der Waals surface area contributed by atoms with E-state index in [0.717, 1.165) is 5.56 Å². The summed E-state index contributed by atoms with van der Waals surface area (Å²) in [6, 6.07) is 4.75. The lowest BCUT2D eigenvalue weighted by atomic mass is 10.1. The highest BCUT2D eigenvalue weighted by Gasteiger charge is 2.17. The van der Waals surface area contributed by atoms with Crippen molar-refractivity contribution in [2.75, 3.05) is 13.7 Å². The van der Waals surface area contributed by atoms with Crippen molar-refractivity contribution in [3.8, 4) is 5.75 Å². The number of aryl methyl sites for hydroxylation is 1. The maximum atomic E-state index is 11.7. The van der Waals surface area contributed by atoms with Crippen LogP contribution in [0.25, 0.3) is 0 Å². The van der Waals surface area contributed by atoms with Crippen LogP contribution in [-0.2, 0) is 9.53 Å². The molecule has 1 aromatic rings. The lowest BCUT2D eigenvalue weighted by molar-refractivity contribution is -0.139. The smallest absolute Gasteiger partial charge is 0.321 e. The molecule has 0 aliphatic rings. The standard InChI is InChI=1S/C12H14BrNO4/c1-7-3-4-8(10(15)5-7)11(16)14-6-9(13)12(17)18-2/h3-5,9,15H,6H2,1-2H3,(H,14,16). The molecule has 0 aliphatic heterocycles. The van der Waals surface area contributed by atoms with Gasteiger partial charge in [-0.25, -0.2) is 0 Å². The third-order valence-corrected chi connectivity index (χ3v) is 2.99. The van der Waals surface area contributed by atoms with Crippen LogP contribution in [0.1, 0.15) is 15.9 Å². The van der Waals surface area contributed by atoms with Crippen LogP contribution in [-0.4, -0.2) is 35.5 Å². The van der Waals surface area contributed by atoms with E-state index in [9.17, 15) is 14.7 Å². The summed E-state index contributed by atoms with van der Waals surface area (Å²) < 4.78 is 4.50. The van der Waals surface area contributed by atoms with Crippen LogP contribution in [0.15, 0.2) is 18.2 Å². The van der Waals surface area contributed by atoms with Crippen molar-refractivity contribution in [2.45, 2.75) is 11.8 Å².